The van der Waals surface area contributed by atoms with Gasteiger partial charge in [-0.05, 0) is 26.0 Å². The molecule has 0 atom stereocenters. The highest BCUT2D eigenvalue weighted by atomic mass is 16.5. The normalized spacial score (nSPS) is 13.2. The van der Waals surface area contributed by atoms with Gasteiger partial charge in [-0.3, -0.25) is 19.4 Å². The number of nitrogens with zero attached hydrogens (tertiary/aromatic N) is 3. The smallest absolute Gasteiger partial charge is 0.329 e. The second kappa shape index (κ2) is 6.67. The van der Waals surface area contributed by atoms with Gasteiger partial charge in [-0.1, -0.05) is 18.2 Å². The van der Waals surface area contributed by atoms with Crippen LogP contribution < -0.4 is 15.4 Å². The number of hydrogen-bond acceptors (Lipinski definition) is 4. The number of aromatic nitrogens is 1. The fourth-order valence-electron chi connectivity index (χ4n) is 3.24. The van der Waals surface area contributed by atoms with Crippen molar-refractivity contribution in [3.05, 3.63) is 46.2 Å². The molecule has 3 rings (SSSR count). The zero-order chi connectivity index (χ0) is 19.0. The first-order valence-electron chi connectivity index (χ1n) is 8.37. The third-order valence-corrected chi connectivity index (χ3v) is 4.49. The Balaban J connectivity index is 2.31. The maximum absolute atomic E-state index is 13.1. The Morgan fingerprint density at radius 2 is 1.81 bits per heavy atom. The molecule has 1 aliphatic rings. The minimum atomic E-state index is -0.502. The second-order valence-corrected chi connectivity index (χ2v) is 6.18. The number of esters is 1. The molecule has 0 unspecified atom stereocenters. The summed E-state index contributed by atoms with van der Waals surface area (Å²) in [7, 11) is 3.32. The predicted octanol–water partition coefficient (Wildman–Crippen LogP) is 2.30. The van der Waals surface area contributed by atoms with E-state index < -0.39 is 5.97 Å². The highest BCUT2D eigenvalue weighted by molar-refractivity contribution is 6.12. The fraction of sp³-hybridized carbons (Fsp3) is 0.316. The van der Waals surface area contributed by atoms with Crippen molar-refractivity contribution in [1.82, 2.24) is 4.57 Å². The number of urea groups is 1. The van der Waals surface area contributed by atoms with Crippen LogP contribution in [0.3, 0.4) is 0 Å². The molecule has 0 aliphatic carbocycles. The summed E-state index contributed by atoms with van der Waals surface area (Å²) in [6.45, 7) is 3.41. The topological polar surface area (TPSA) is 71.8 Å². The summed E-state index contributed by atoms with van der Waals surface area (Å²) in [6, 6.07) is 8.66. The Labute approximate surface area is 151 Å². The predicted molar refractivity (Wildman–Crippen MR) is 99.6 cm³/mol. The summed E-state index contributed by atoms with van der Waals surface area (Å²) in [5.41, 5.74) is 2.88. The minimum Gasteiger partial charge on any atom is -0.465 e. The number of ether oxygens (including phenoxy) is 1. The van der Waals surface area contributed by atoms with Crippen molar-refractivity contribution in [3.63, 3.8) is 0 Å². The number of anilines is 2. The van der Waals surface area contributed by atoms with E-state index in [9.17, 15) is 14.4 Å². The SMILES string of the molecule is CCOC(=O)CN1C(=O)N(C)c2ccccc2-c2c1cc(C)c(=O)n2C. The maximum atomic E-state index is 13.1. The standard InChI is InChI=1S/C19H21N3O4/c1-5-26-16(23)11-22-15-10-12(2)18(24)21(4)17(15)13-8-6-7-9-14(13)20(3)19(22)25/h6-10H,5,11H2,1-4H3. The Morgan fingerprint density at radius 3 is 2.50 bits per heavy atom. The third kappa shape index (κ3) is 2.75. The van der Waals surface area contributed by atoms with Crippen LogP contribution in [0.2, 0.25) is 0 Å². The number of rotatable bonds is 3. The summed E-state index contributed by atoms with van der Waals surface area (Å²) in [5.74, 6) is -0.502. The average Bonchev–Trinajstić information content (AvgIpc) is 2.70. The van der Waals surface area contributed by atoms with Gasteiger partial charge in [-0.2, -0.15) is 0 Å². The van der Waals surface area contributed by atoms with E-state index in [1.54, 1.807) is 34.0 Å². The maximum Gasteiger partial charge on any atom is 0.329 e. The molecule has 0 saturated heterocycles. The molecule has 7 nitrogen and oxygen atoms in total. The first kappa shape index (κ1) is 17.7. The molecule has 0 saturated carbocycles. The van der Waals surface area contributed by atoms with Crippen LogP contribution in [0.4, 0.5) is 16.2 Å². The van der Waals surface area contributed by atoms with E-state index in [2.05, 4.69) is 0 Å². The zero-order valence-corrected chi connectivity index (χ0v) is 15.3. The van der Waals surface area contributed by atoms with Gasteiger partial charge in [-0.25, -0.2) is 4.79 Å². The summed E-state index contributed by atoms with van der Waals surface area (Å²) in [6.07, 6.45) is 0. The van der Waals surface area contributed by atoms with Crippen molar-refractivity contribution in [2.45, 2.75) is 13.8 Å². The van der Waals surface area contributed by atoms with Gasteiger partial charge >= 0.3 is 12.0 Å². The van der Waals surface area contributed by atoms with Crippen LogP contribution in [-0.4, -0.2) is 36.8 Å². The van der Waals surface area contributed by atoms with Crippen LogP contribution in [-0.2, 0) is 16.6 Å². The van der Waals surface area contributed by atoms with Crippen LogP contribution >= 0.6 is 0 Å². The Hall–Kier alpha value is -3.09. The number of pyridine rings is 1. The Kier molecular flexibility index (Phi) is 4.54. The minimum absolute atomic E-state index is 0.147. The fourth-order valence-corrected chi connectivity index (χ4v) is 3.24. The molecule has 2 aromatic rings. The molecule has 1 aromatic carbocycles. The highest BCUT2D eigenvalue weighted by Gasteiger charge is 2.33. The van der Waals surface area contributed by atoms with Gasteiger partial charge in [-0.15, -0.1) is 0 Å². The number of benzene rings is 1. The monoisotopic (exact) mass is 355 g/mol. The third-order valence-electron chi connectivity index (χ3n) is 4.49. The first-order chi connectivity index (χ1) is 12.4. The largest absolute Gasteiger partial charge is 0.465 e. The van der Waals surface area contributed by atoms with Crippen molar-refractivity contribution in [2.24, 2.45) is 7.05 Å². The molecule has 7 heteroatoms. The summed E-state index contributed by atoms with van der Waals surface area (Å²) in [5, 5.41) is 0. The Morgan fingerprint density at radius 1 is 1.12 bits per heavy atom. The number of aryl methyl sites for hydroxylation is 1. The van der Waals surface area contributed by atoms with E-state index in [0.717, 1.165) is 5.56 Å². The number of hydrogen-bond donors (Lipinski definition) is 0. The molecule has 0 N–H and O–H groups in total. The molecule has 2 heterocycles. The van der Waals surface area contributed by atoms with Crippen molar-refractivity contribution < 1.29 is 14.3 Å². The van der Waals surface area contributed by atoms with E-state index >= 15 is 0 Å². The van der Waals surface area contributed by atoms with Crippen molar-refractivity contribution >= 4 is 23.4 Å². The summed E-state index contributed by atoms with van der Waals surface area (Å²) >= 11 is 0. The van der Waals surface area contributed by atoms with Crippen LogP contribution in [0.5, 0.6) is 0 Å². The van der Waals surface area contributed by atoms with E-state index in [0.29, 0.717) is 22.6 Å². The van der Waals surface area contributed by atoms with E-state index in [1.807, 2.05) is 24.3 Å². The lowest BCUT2D eigenvalue weighted by Crippen LogP contribution is -2.44. The molecular formula is C19H21N3O4. The molecular weight excluding hydrogens is 334 g/mol. The van der Waals surface area contributed by atoms with Gasteiger partial charge in [0, 0.05) is 25.2 Å². The molecule has 0 radical (unpaired) electrons. The zero-order valence-electron chi connectivity index (χ0n) is 15.3. The summed E-state index contributed by atoms with van der Waals surface area (Å²) in [4.78, 5) is 40.5. The molecule has 26 heavy (non-hydrogen) atoms. The van der Waals surface area contributed by atoms with Crippen molar-refractivity contribution in [1.29, 1.82) is 0 Å². The molecule has 1 aromatic heterocycles. The molecule has 1 aliphatic heterocycles. The molecule has 0 spiro atoms. The van der Waals surface area contributed by atoms with Crippen LogP contribution in [0.25, 0.3) is 11.3 Å². The van der Waals surface area contributed by atoms with Crippen molar-refractivity contribution in [3.8, 4) is 11.3 Å². The molecule has 0 bridgehead atoms. The number of fused-ring (bicyclic) bond motifs is 3. The highest BCUT2D eigenvalue weighted by Crippen LogP contribution is 2.39. The first-order valence-corrected chi connectivity index (χ1v) is 8.37. The number of amides is 2. The van der Waals surface area contributed by atoms with E-state index in [4.69, 9.17) is 4.74 Å². The van der Waals surface area contributed by atoms with Gasteiger partial charge in [0.2, 0.25) is 0 Å². The van der Waals surface area contributed by atoms with Crippen molar-refractivity contribution in [2.75, 3.05) is 30.0 Å². The number of para-hydroxylation sites is 1. The molecule has 136 valence electrons. The lowest BCUT2D eigenvalue weighted by molar-refractivity contribution is -0.141. The number of carbonyl (C=O) groups is 2. The van der Waals surface area contributed by atoms with E-state index in [1.165, 1.54) is 14.4 Å². The number of carbonyl (C=O) groups excluding carboxylic acids is 2. The summed E-state index contributed by atoms with van der Waals surface area (Å²) < 4.78 is 6.55. The van der Waals surface area contributed by atoms with E-state index in [-0.39, 0.29) is 24.7 Å². The van der Waals surface area contributed by atoms with Gasteiger partial charge in [0.1, 0.15) is 6.54 Å². The van der Waals surface area contributed by atoms with Crippen LogP contribution in [0.1, 0.15) is 12.5 Å². The van der Waals surface area contributed by atoms with Gasteiger partial charge in [0.15, 0.2) is 0 Å². The van der Waals surface area contributed by atoms with Crippen LogP contribution in [0, 0.1) is 6.92 Å². The van der Waals surface area contributed by atoms with Gasteiger partial charge in [0.25, 0.3) is 5.56 Å². The molecule has 2 amide bonds. The second-order valence-electron chi connectivity index (χ2n) is 6.18. The van der Waals surface area contributed by atoms with Gasteiger partial charge < -0.3 is 9.30 Å². The molecule has 0 fully saturated rings. The quantitative estimate of drug-likeness (QED) is 0.792. The lowest BCUT2D eigenvalue weighted by atomic mass is 10.1. The lowest BCUT2D eigenvalue weighted by Gasteiger charge is -2.26. The Bertz CT molecular complexity index is 948. The van der Waals surface area contributed by atoms with Gasteiger partial charge in [0.05, 0.1) is 23.7 Å². The average molecular weight is 355 g/mol. The van der Waals surface area contributed by atoms with Crippen LogP contribution in [0.15, 0.2) is 35.1 Å².